The van der Waals surface area contributed by atoms with Crippen LogP contribution in [0.15, 0.2) is 0 Å². The second-order valence-corrected chi connectivity index (χ2v) is 0.407. The van der Waals surface area contributed by atoms with Crippen LogP contribution in [0.3, 0.4) is 0 Å². The highest BCUT2D eigenvalue weighted by Gasteiger charge is 1.52. The van der Waals surface area contributed by atoms with Crippen molar-refractivity contribution in [2.45, 2.75) is 13.3 Å². The zero-order valence-corrected chi connectivity index (χ0v) is 2.49. The van der Waals surface area contributed by atoms with Gasteiger partial charge in [0.15, 0.2) is 0 Å². The molecule has 0 aliphatic rings. The lowest BCUT2D eigenvalue weighted by molar-refractivity contribution is -0.107. The van der Waals surface area contributed by atoms with Crippen LogP contribution in [-0.2, 0) is 4.79 Å². The van der Waals surface area contributed by atoms with E-state index in [9.17, 15) is 4.79 Å². The number of hydrogen-bond donors (Lipinski definition) is 0. The van der Waals surface area contributed by atoms with E-state index in [-0.39, 0.29) is 0 Å². The molecule has 4 heavy (non-hydrogen) atoms. The Bertz CT molecular complexity index is 59.8. The van der Waals surface area contributed by atoms with Gasteiger partial charge in [-0.25, -0.2) is 0 Å². The molecule has 0 aromatic heterocycles. The van der Waals surface area contributed by atoms with E-state index < -0.39 is 12.7 Å². The van der Waals surface area contributed by atoms with Crippen LogP contribution >= 0.6 is 0 Å². The quantitative estimate of drug-likeness (QED) is 0.405. The van der Waals surface area contributed by atoms with Crippen molar-refractivity contribution in [2.75, 3.05) is 0 Å². The van der Waals surface area contributed by atoms with Crippen molar-refractivity contribution in [3.63, 3.8) is 0 Å². The third-order valence-electron chi connectivity index (χ3n) is 0.118. The van der Waals surface area contributed by atoms with Gasteiger partial charge in [-0.3, -0.25) is 0 Å². The molecule has 0 aromatic carbocycles. The predicted octanol–water partition coefficient (Wildman–Crippen LogP) is 0.595. The first-order valence-electron chi connectivity index (χ1n) is 2.15. The maximum absolute atomic E-state index is 9.62. The molecule has 1 heteroatoms. The number of rotatable bonds is 1. The molecule has 0 N–H and O–H groups in total. The van der Waals surface area contributed by atoms with Crippen LogP contribution in [0, 0.1) is 0 Å². The minimum atomic E-state index is -0.870. The summed E-state index contributed by atoms with van der Waals surface area (Å²) in [5, 5.41) is 0. The standard InChI is InChI=1S/C3H6O/c1-2-3-4/h3H,2H2,1H3/i2D,3D. The Kier molecular flexibility index (Phi) is 0.801. The first-order valence-corrected chi connectivity index (χ1v) is 1.07. The monoisotopic (exact) mass is 60.1 g/mol. The molecule has 24 valence electrons. The van der Waals surface area contributed by atoms with Crippen LogP contribution in [0.25, 0.3) is 0 Å². The Labute approximate surface area is 28.4 Å². The van der Waals surface area contributed by atoms with Crippen LogP contribution in [0.2, 0.25) is 0 Å². The van der Waals surface area contributed by atoms with Crippen molar-refractivity contribution in [3.8, 4) is 0 Å². The van der Waals surface area contributed by atoms with Gasteiger partial charge in [0.2, 0.25) is 0 Å². The Morgan fingerprint density at radius 2 is 3.00 bits per heavy atom. The topological polar surface area (TPSA) is 17.1 Å². The van der Waals surface area contributed by atoms with E-state index >= 15 is 0 Å². The van der Waals surface area contributed by atoms with Crippen LogP contribution in [-0.4, -0.2) is 6.26 Å². The summed E-state index contributed by atoms with van der Waals surface area (Å²) in [4.78, 5) is 9.62. The lowest BCUT2D eigenvalue weighted by atomic mass is 10.6. The average Bonchev–Trinajstić information content (AvgIpc) is 1.36. The van der Waals surface area contributed by atoms with Gasteiger partial charge < -0.3 is 4.79 Å². The van der Waals surface area contributed by atoms with Crippen molar-refractivity contribution >= 4 is 6.26 Å². The molecule has 1 nitrogen and oxygen atoms in total. The lowest BCUT2D eigenvalue weighted by Gasteiger charge is -1.51. The molecule has 0 saturated heterocycles. The summed E-state index contributed by atoms with van der Waals surface area (Å²) in [5.74, 6) is 0. The van der Waals surface area contributed by atoms with Crippen molar-refractivity contribution < 1.29 is 7.54 Å². The highest BCUT2D eigenvalue weighted by atomic mass is 16.1. The normalized spacial score (nSPS) is 21.2. The average molecular weight is 60.1 g/mol. The maximum atomic E-state index is 9.62. The molecule has 0 fully saturated rings. The molecule has 0 radical (unpaired) electrons. The first-order chi connectivity index (χ1) is 2.64. The van der Waals surface area contributed by atoms with Gasteiger partial charge in [-0.2, -0.15) is 0 Å². The summed E-state index contributed by atoms with van der Waals surface area (Å²) in [7, 11) is 0. The molecule has 0 aliphatic carbocycles. The van der Waals surface area contributed by atoms with E-state index in [2.05, 4.69) is 0 Å². The second-order valence-electron chi connectivity index (χ2n) is 0.407. The predicted molar refractivity (Wildman–Crippen MR) is 16.4 cm³/mol. The van der Waals surface area contributed by atoms with Crippen LogP contribution < -0.4 is 0 Å². The minimum absolute atomic E-state index is 0.824. The van der Waals surface area contributed by atoms with E-state index in [0.29, 0.717) is 0 Å². The zero-order chi connectivity index (χ0) is 5.15. The number of carbonyl (C=O) groups excluding carboxylic acids is 1. The van der Waals surface area contributed by atoms with Crippen LogP contribution in [0.4, 0.5) is 0 Å². The summed E-state index contributed by atoms with van der Waals surface area (Å²) in [6, 6.07) is 0. The molecular formula is C3H6O. The molecule has 0 bridgehead atoms. The van der Waals surface area contributed by atoms with Crippen molar-refractivity contribution in [2.24, 2.45) is 0 Å². The molecule has 0 heterocycles. The molecule has 0 spiro atoms. The van der Waals surface area contributed by atoms with Crippen LogP contribution in [0.1, 0.15) is 16.1 Å². The molecule has 1 unspecified atom stereocenters. The Hall–Kier alpha value is -0.330. The molecule has 0 aliphatic heterocycles. The van der Waals surface area contributed by atoms with Gasteiger partial charge in [-0.1, -0.05) is 6.92 Å². The van der Waals surface area contributed by atoms with Gasteiger partial charge in [0, 0.05) is 7.77 Å². The first kappa shape index (κ1) is 1.20. The largest absolute Gasteiger partial charge is 0.303 e. The van der Waals surface area contributed by atoms with Crippen molar-refractivity contribution in [3.05, 3.63) is 0 Å². The lowest BCUT2D eigenvalue weighted by Crippen LogP contribution is -1.55. The van der Waals surface area contributed by atoms with Gasteiger partial charge in [0.05, 0.1) is 0 Å². The second kappa shape index (κ2) is 2.67. The summed E-state index contributed by atoms with van der Waals surface area (Å²) in [6.07, 6.45) is -1.69. The fourth-order valence-corrected chi connectivity index (χ4v) is 0. The summed E-state index contributed by atoms with van der Waals surface area (Å²) in [5.41, 5.74) is 0. The summed E-state index contributed by atoms with van der Waals surface area (Å²) >= 11 is 0. The van der Waals surface area contributed by atoms with Gasteiger partial charge in [0.1, 0.15) is 7.63 Å². The molecular weight excluding hydrogens is 52.0 g/mol. The van der Waals surface area contributed by atoms with Gasteiger partial charge in [-0.15, -0.1) is 0 Å². The van der Waals surface area contributed by atoms with E-state index in [4.69, 9.17) is 2.74 Å². The smallest absolute Gasteiger partial charge is 0.119 e. The Balaban J connectivity index is 3.26. The highest BCUT2D eigenvalue weighted by molar-refractivity contribution is 5.48. The summed E-state index contributed by atoms with van der Waals surface area (Å²) in [6.45, 7) is 1.37. The molecule has 0 rings (SSSR count). The Morgan fingerprint density at radius 1 is 2.75 bits per heavy atom. The van der Waals surface area contributed by atoms with Crippen molar-refractivity contribution in [1.29, 1.82) is 0 Å². The van der Waals surface area contributed by atoms with Gasteiger partial charge >= 0.3 is 0 Å². The highest BCUT2D eigenvalue weighted by Crippen LogP contribution is 1.53. The number of carbonyl (C=O) groups is 1. The fraction of sp³-hybridized carbons (Fsp3) is 0.667. The van der Waals surface area contributed by atoms with Gasteiger partial charge in [-0.05, 0) is 0 Å². The van der Waals surface area contributed by atoms with Crippen LogP contribution in [0.5, 0.6) is 0 Å². The fourth-order valence-electron chi connectivity index (χ4n) is 0. The number of hydrogen-bond acceptors (Lipinski definition) is 1. The van der Waals surface area contributed by atoms with E-state index in [1.165, 1.54) is 6.92 Å². The number of aldehydes is 1. The Morgan fingerprint density at radius 3 is 3.00 bits per heavy atom. The summed E-state index contributed by atoms with van der Waals surface area (Å²) < 4.78 is 12.7. The molecule has 1 atom stereocenters. The van der Waals surface area contributed by atoms with Gasteiger partial charge in [0.25, 0.3) is 0 Å². The molecule has 0 saturated carbocycles. The van der Waals surface area contributed by atoms with Crippen molar-refractivity contribution in [1.82, 2.24) is 0 Å². The van der Waals surface area contributed by atoms with E-state index in [1.807, 2.05) is 0 Å². The SMILES string of the molecule is [2H]C(=O)C([2H])C. The zero-order valence-electron chi connectivity index (χ0n) is 4.49. The third kappa shape index (κ3) is 1.67. The minimum Gasteiger partial charge on any atom is -0.303 e. The molecule has 0 amide bonds. The van der Waals surface area contributed by atoms with E-state index in [1.54, 1.807) is 0 Å². The third-order valence-corrected chi connectivity index (χ3v) is 0.118. The molecule has 0 aromatic rings. The van der Waals surface area contributed by atoms with E-state index in [0.717, 1.165) is 0 Å². The maximum Gasteiger partial charge on any atom is 0.119 e.